The Morgan fingerprint density at radius 3 is 2.47 bits per heavy atom. The summed E-state index contributed by atoms with van der Waals surface area (Å²) in [5.74, 6) is -0.292. The van der Waals surface area contributed by atoms with Crippen molar-refractivity contribution in [1.29, 1.82) is 0 Å². The van der Waals surface area contributed by atoms with Crippen LogP contribution in [-0.4, -0.2) is 16.0 Å². The fourth-order valence-electron chi connectivity index (χ4n) is 3.24. The summed E-state index contributed by atoms with van der Waals surface area (Å²) in [6, 6.07) is 21.4. The molecule has 4 aromatic rings. The highest BCUT2D eigenvalue weighted by Gasteiger charge is 2.20. The van der Waals surface area contributed by atoms with Crippen LogP contribution >= 0.6 is 23.4 Å². The third-order valence-corrected chi connectivity index (χ3v) is 5.94. The Hall–Kier alpha value is -3.22. The fraction of sp³-hybridized carbons (Fsp3) is 0.0435. The zero-order valence-corrected chi connectivity index (χ0v) is 17.5. The highest BCUT2D eigenvalue weighted by molar-refractivity contribution is 7.99. The number of carbonyl (C=O) groups is 1. The molecule has 5 nitrogen and oxygen atoms in total. The third-order valence-electron chi connectivity index (χ3n) is 4.55. The van der Waals surface area contributed by atoms with Crippen molar-refractivity contribution in [3.8, 4) is 5.75 Å². The van der Waals surface area contributed by atoms with E-state index < -0.39 is 5.56 Å². The number of hydrogen-bond acceptors (Lipinski definition) is 4. The molecule has 4 rings (SSSR count). The van der Waals surface area contributed by atoms with Crippen LogP contribution in [0, 0.1) is 0 Å². The van der Waals surface area contributed by atoms with Crippen LogP contribution in [0.2, 0.25) is 5.02 Å². The molecule has 30 heavy (non-hydrogen) atoms. The SMILES string of the molecule is CC(=O)N(c1ccccc1)c1ccccc1Sc1c(O)c2ccc(Cl)cc2[nH]c1=O. The Labute approximate surface area is 181 Å². The molecule has 150 valence electrons. The van der Waals surface area contributed by atoms with Crippen LogP contribution in [0.3, 0.4) is 0 Å². The number of benzene rings is 3. The number of para-hydroxylation sites is 2. The number of amides is 1. The van der Waals surface area contributed by atoms with Gasteiger partial charge in [-0.2, -0.15) is 0 Å². The normalized spacial score (nSPS) is 10.9. The lowest BCUT2D eigenvalue weighted by Crippen LogP contribution is -2.23. The summed E-state index contributed by atoms with van der Waals surface area (Å²) in [7, 11) is 0. The first-order chi connectivity index (χ1) is 14.5. The molecule has 7 heteroatoms. The molecule has 0 atom stereocenters. The molecular weight excluding hydrogens is 420 g/mol. The number of halogens is 1. The largest absolute Gasteiger partial charge is 0.506 e. The molecule has 0 aliphatic rings. The molecule has 1 amide bonds. The second kappa shape index (κ2) is 8.26. The molecule has 1 aromatic heterocycles. The maximum Gasteiger partial charge on any atom is 0.266 e. The molecule has 0 bridgehead atoms. The predicted octanol–water partition coefficient (Wildman–Crippen LogP) is 5.72. The molecule has 3 aromatic carbocycles. The Morgan fingerprint density at radius 1 is 1.03 bits per heavy atom. The van der Waals surface area contributed by atoms with E-state index in [9.17, 15) is 14.7 Å². The van der Waals surface area contributed by atoms with Gasteiger partial charge >= 0.3 is 0 Å². The molecule has 1 heterocycles. The summed E-state index contributed by atoms with van der Waals surface area (Å²) >= 11 is 7.10. The Balaban J connectivity index is 1.83. The van der Waals surface area contributed by atoms with Gasteiger partial charge in [-0.3, -0.25) is 14.5 Å². The van der Waals surface area contributed by atoms with E-state index in [1.54, 1.807) is 23.1 Å². The minimum Gasteiger partial charge on any atom is -0.506 e. The lowest BCUT2D eigenvalue weighted by molar-refractivity contribution is -0.115. The molecule has 0 aliphatic heterocycles. The average Bonchev–Trinajstić information content (AvgIpc) is 2.72. The molecule has 0 aliphatic carbocycles. The minimum absolute atomic E-state index is 0.126. The molecule has 0 saturated carbocycles. The number of carbonyl (C=O) groups excluding carboxylic acids is 1. The molecule has 0 radical (unpaired) electrons. The number of nitrogens with zero attached hydrogens (tertiary/aromatic N) is 1. The Kier molecular flexibility index (Phi) is 5.53. The Bertz CT molecular complexity index is 1310. The van der Waals surface area contributed by atoms with Crippen LogP contribution in [0.5, 0.6) is 5.75 Å². The van der Waals surface area contributed by atoms with Crippen molar-refractivity contribution in [2.75, 3.05) is 4.90 Å². The number of pyridine rings is 1. The standard InChI is InChI=1S/C23H17ClN2O3S/c1-14(27)26(16-7-3-2-4-8-16)19-9-5-6-10-20(19)30-22-21(28)17-12-11-15(24)13-18(17)25-23(22)29/h2-13H,1H3,(H2,25,28,29). The van der Waals surface area contributed by atoms with Gasteiger partial charge in [0, 0.05) is 27.9 Å². The fourth-order valence-corrected chi connectivity index (χ4v) is 4.39. The van der Waals surface area contributed by atoms with Crippen LogP contribution in [0.25, 0.3) is 10.9 Å². The highest BCUT2D eigenvalue weighted by Crippen LogP contribution is 2.41. The summed E-state index contributed by atoms with van der Waals surface area (Å²) in [6.07, 6.45) is 0. The number of aromatic amines is 1. The number of aromatic hydroxyl groups is 1. The van der Waals surface area contributed by atoms with Gasteiger partial charge in [0.2, 0.25) is 5.91 Å². The van der Waals surface area contributed by atoms with Gasteiger partial charge in [-0.05, 0) is 42.5 Å². The second-order valence-corrected chi connectivity index (χ2v) is 8.07. The first-order valence-electron chi connectivity index (χ1n) is 9.13. The van der Waals surface area contributed by atoms with Crippen molar-refractivity contribution in [1.82, 2.24) is 4.98 Å². The smallest absolute Gasteiger partial charge is 0.266 e. The van der Waals surface area contributed by atoms with Gasteiger partial charge in [-0.1, -0.05) is 53.7 Å². The van der Waals surface area contributed by atoms with Gasteiger partial charge in [0.15, 0.2) is 0 Å². The van der Waals surface area contributed by atoms with Crippen LogP contribution in [0.15, 0.2) is 87.4 Å². The van der Waals surface area contributed by atoms with Gasteiger partial charge in [0.25, 0.3) is 5.56 Å². The van der Waals surface area contributed by atoms with E-state index in [0.29, 0.717) is 32.2 Å². The number of fused-ring (bicyclic) bond motifs is 1. The van der Waals surface area contributed by atoms with E-state index in [2.05, 4.69) is 4.98 Å². The van der Waals surface area contributed by atoms with Crippen molar-refractivity contribution in [2.45, 2.75) is 16.7 Å². The number of nitrogens with one attached hydrogen (secondary N) is 1. The molecule has 0 fully saturated rings. The van der Waals surface area contributed by atoms with Gasteiger partial charge in [0.05, 0.1) is 11.2 Å². The molecule has 0 spiro atoms. The van der Waals surface area contributed by atoms with Gasteiger partial charge in [0.1, 0.15) is 10.6 Å². The van der Waals surface area contributed by atoms with Gasteiger partial charge in [-0.25, -0.2) is 0 Å². The van der Waals surface area contributed by atoms with Crippen LogP contribution in [0.1, 0.15) is 6.92 Å². The molecule has 0 unspecified atom stereocenters. The summed E-state index contributed by atoms with van der Waals surface area (Å²) in [4.78, 5) is 30.3. The van der Waals surface area contributed by atoms with Crippen molar-refractivity contribution < 1.29 is 9.90 Å². The zero-order chi connectivity index (χ0) is 21.3. The molecule has 2 N–H and O–H groups in total. The lowest BCUT2D eigenvalue weighted by Gasteiger charge is -2.24. The number of aromatic nitrogens is 1. The van der Waals surface area contributed by atoms with Crippen LogP contribution in [-0.2, 0) is 4.79 Å². The van der Waals surface area contributed by atoms with Crippen molar-refractivity contribution in [2.24, 2.45) is 0 Å². The maximum absolute atomic E-state index is 12.7. The number of hydrogen-bond donors (Lipinski definition) is 2. The van der Waals surface area contributed by atoms with E-state index in [1.807, 2.05) is 54.6 Å². The lowest BCUT2D eigenvalue weighted by atomic mass is 10.2. The monoisotopic (exact) mass is 436 g/mol. The van der Waals surface area contributed by atoms with E-state index in [-0.39, 0.29) is 16.6 Å². The van der Waals surface area contributed by atoms with E-state index >= 15 is 0 Å². The predicted molar refractivity (Wildman–Crippen MR) is 121 cm³/mol. The number of H-pyrrole nitrogens is 1. The summed E-state index contributed by atoms with van der Waals surface area (Å²) in [5.41, 5.74) is 1.36. The van der Waals surface area contributed by atoms with Crippen LogP contribution in [0.4, 0.5) is 11.4 Å². The highest BCUT2D eigenvalue weighted by atomic mass is 35.5. The van der Waals surface area contributed by atoms with Crippen molar-refractivity contribution in [3.05, 3.63) is 88.2 Å². The van der Waals surface area contributed by atoms with Crippen molar-refractivity contribution >= 4 is 51.5 Å². The Morgan fingerprint density at radius 2 is 1.73 bits per heavy atom. The zero-order valence-electron chi connectivity index (χ0n) is 15.9. The van der Waals surface area contributed by atoms with E-state index in [1.165, 1.54) is 6.92 Å². The summed E-state index contributed by atoms with van der Waals surface area (Å²) in [6.45, 7) is 1.48. The molecular formula is C23H17ClN2O3S. The topological polar surface area (TPSA) is 73.4 Å². The second-order valence-electron chi connectivity index (χ2n) is 6.58. The van der Waals surface area contributed by atoms with Crippen molar-refractivity contribution in [3.63, 3.8) is 0 Å². The third kappa shape index (κ3) is 3.79. The average molecular weight is 437 g/mol. The van der Waals surface area contributed by atoms with E-state index in [4.69, 9.17) is 11.6 Å². The first kappa shape index (κ1) is 20.1. The minimum atomic E-state index is -0.434. The number of anilines is 2. The van der Waals surface area contributed by atoms with E-state index in [0.717, 1.165) is 11.8 Å². The summed E-state index contributed by atoms with van der Waals surface area (Å²) in [5, 5.41) is 11.7. The van der Waals surface area contributed by atoms with Gasteiger partial charge < -0.3 is 10.1 Å². The molecule has 0 saturated heterocycles. The summed E-state index contributed by atoms with van der Waals surface area (Å²) < 4.78 is 0. The van der Waals surface area contributed by atoms with Crippen LogP contribution < -0.4 is 10.5 Å². The van der Waals surface area contributed by atoms with Gasteiger partial charge in [-0.15, -0.1) is 0 Å². The number of rotatable bonds is 4. The maximum atomic E-state index is 12.7. The quantitative estimate of drug-likeness (QED) is 0.429. The first-order valence-corrected chi connectivity index (χ1v) is 10.3.